The van der Waals surface area contributed by atoms with Crippen LogP contribution in [-0.2, 0) is 0 Å². The molecule has 0 N–H and O–H groups in total. The van der Waals surface area contributed by atoms with E-state index in [4.69, 9.17) is 0 Å². The minimum Gasteiger partial charge on any atom is -0.289 e. The molecule has 0 atom stereocenters. The van der Waals surface area contributed by atoms with E-state index in [1.165, 1.54) is 23.5 Å². The first-order valence-corrected chi connectivity index (χ1v) is 6.12. The van der Waals surface area contributed by atoms with Crippen molar-refractivity contribution in [1.29, 1.82) is 0 Å². The van der Waals surface area contributed by atoms with Crippen molar-refractivity contribution in [2.75, 3.05) is 0 Å². The number of allylic oxidation sites excluding steroid dienone is 1. The van der Waals surface area contributed by atoms with Crippen molar-refractivity contribution in [1.82, 2.24) is 0 Å². The third-order valence-corrected chi connectivity index (χ3v) is 3.34. The molecule has 0 radical (unpaired) electrons. The number of hydrogen-bond acceptors (Lipinski definition) is 2. The van der Waals surface area contributed by atoms with E-state index in [0.29, 0.717) is 0 Å². The van der Waals surface area contributed by atoms with Crippen molar-refractivity contribution in [2.45, 2.75) is 6.92 Å². The van der Waals surface area contributed by atoms with Gasteiger partial charge in [-0.05, 0) is 43.3 Å². The fourth-order valence-corrected chi connectivity index (χ4v) is 2.30. The summed E-state index contributed by atoms with van der Waals surface area (Å²) in [5, 5.41) is 0. The largest absolute Gasteiger partial charge is 0.289 e. The van der Waals surface area contributed by atoms with E-state index in [-0.39, 0.29) is 0 Å². The molecule has 1 heterocycles. The first kappa shape index (κ1) is 12.6. The minimum absolute atomic E-state index is 0.512. The molecule has 0 amide bonds. The summed E-state index contributed by atoms with van der Waals surface area (Å²) in [4.78, 5) is 13.7. The van der Waals surface area contributed by atoms with Crippen LogP contribution in [-0.4, -0.2) is 5.78 Å². The lowest BCUT2D eigenvalue weighted by atomic mass is 10.1. The Hall–Kier alpha value is -1.81. The fourth-order valence-electron chi connectivity index (χ4n) is 1.52. The Bertz CT molecular complexity index is 594. The van der Waals surface area contributed by atoms with Gasteiger partial charge in [-0.15, -0.1) is 11.3 Å². The molecule has 1 nitrogen and oxygen atoms in total. The summed E-state index contributed by atoms with van der Waals surface area (Å²) >= 11 is 1.51. The van der Waals surface area contributed by atoms with Crippen LogP contribution in [0.25, 0.3) is 6.08 Å². The summed E-state index contributed by atoms with van der Waals surface area (Å²) in [6.45, 7) is 1.94. The Labute approximate surface area is 107 Å². The molecule has 4 heteroatoms. The molecule has 0 aliphatic heterocycles. The average molecular weight is 264 g/mol. The molecule has 0 bridgehead atoms. The Morgan fingerprint density at radius 1 is 1.17 bits per heavy atom. The van der Waals surface area contributed by atoms with E-state index < -0.39 is 23.0 Å². The molecule has 18 heavy (non-hydrogen) atoms. The van der Waals surface area contributed by atoms with Crippen molar-refractivity contribution in [3.8, 4) is 0 Å². The average Bonchev–Trinajstić information content (AvgIpc) is 2.72. The molecule has 0 saturated heterocycles. The normalized spacial score (nSPS) is 11.1. The van der Waals surface area contributed by atoms with Gasteiger partial charge in [0.2, 0.25) is 0 Å². The van der Waals surface area contributed by atoms with Crippen LogP contribution in [0.1, 0.15) is 20.1 Å². The number of carbonyl (C=O) groups excluding carboxylic acids is 1. The molecule has 1 aromatic carbocycles. The third-order valence-electron chi connectivity index (χ3n) is 2.37. The fraction of sp³-hybridized carbons (Fsp3) is 0.0714. The minimum atomic E-state index is -0.841. The van der Waals surface area contributed by atoms with Crippen LogP contribution in [0.2, 0.25) is 0 Å². The zero-order valence-corrected chi connectivity index (χ0v) is 10.4. The molecular formula is C14H10F2OS. The van der Waals surface area contributed by atoms with Gasteiger partial charge in [0, 0.05) is 9.75 Å². The second kappa shape index (κ2) is 5.23. The monoisotopic (exact) mass is 264 g/mol. The zero-order chi connectivity index (χ0) is 13.1. The van der Waals surface area contributed by atoms with Gasteiger partial charge in [-0.3, -0.25) is 4.79 Å². The highest BCUT2D eigenvalue weighted by Crippen LogP contribution is 2.18. The predicted molar refractivity (Wildman–Crippen MR) is 68.8 cm³/mol. The van der Waals surface area contributed by atoms with Gasteiger partial charge < -0.3 is 0 Å². The number of rotatable bonds is 3. The SMILES string of the molecule is Cc1ccc(/C=C/C(=O)c2c(F)cccc2F)s1. The van der Waals surface area contributed by atoms with Crippen LogP contribution in [0.4, 0.5) is 8.78 Å². The number of carbonyl (C=O) groups is 1. The van der Waals surface area contributed by atoms with Gasteiger partial charge in [0.25, 0.3) is 0 Å². The van der Waals surface area contributed by atoms with Crippen molar-refractivity contribution in [2.24, 2.45) is 0 Å². The van der Waals surface area contributed by atoms with E-state index >= 15 is 0 Å². The predicted octanol–water partition coefficient (Wildman–Crippen LogP) is 4.23. The number of benzene rings is 1. The lowest BCUT2D eigenvalue weighted by Crippen LogP contribution is -2.02. The van der Waals surface area contributed by atoms with E-state index in [2.05, 4.69) is 0 Å². The molecule has 0 spiro atoms. The maximum absolute atomic E-state index is 13.3. The lowest BCUT2D eigenvalue weighted by molar-refractivity contribution is 0.104. The summed E-state index contributed by atoms with van der Waals surface area (Å²) in [5.74, 6) is -2.35. The van der Waals surface area contributed by atoms with Crippen molar-refractivity contribution in [3.05, 3.63) is 63.4 Å². The Kier molecular flexibility index (Phi) is 3.67. The number of halogens is 2. The first-order valence-electron chi connectivity index (χ1n) is 5.31. The Morgan fingerprint density at radius 3 is 2.39 bits per heavy atom. The van der Waals surface area contributed by atoms with Gasteiger partial charge in [-0.2, -0.15) is 0 Å². The lowest BCUT2D eigenvalue weighted by Gasteiger charge is -1.99. The second-order valence-corrected chi connectivity index (χ2v) is 5.06. The van der Waals surface area contributed by atoms with Crippen LogP contribution < -0.4 is 0 Å². The first-order chi connectivity index (χ1) is 8.58. The Morgan fingerprint density at radius 2 is 1.83 bits per heavy atom. The number of aryl methyl sites for hydroxylation is 1. The summed E-state index contributed by atoms with van der Waals surface area (Å²) in [5.41, 5.74) is -0.512. The van der Waals surface area contributed by atoms with Gasteiger partial charge in [-0.25, -0.2) is 8.78 Å². The quantitative estimate of drug-likeness (QED) is 0.599. The summed E-state index contributed by atoms with van der Waals surface area (Å²) in [7, 11) is 0. The molecule has 0 aliphatic carbocycles. The van der Waals surface area contributed by atoms with Gasteiger partial charge >= 0.3 is 0 Å². The number of ketones is 1. The van der Waals surface area contributed by atoms with E-state index in [9.17, 15) is 13.6 Å². The van der Waals surface area contributed by atoms with Gasteiger partial charge in [0.1, 0.15) is 11.6 Å². The maximum atomic E-state index is 13.3. The highest BCUT2D eigenvalue weighted by atomic mass is 32.1. The summed E-state index contributed by atoms with van der Waals surface area (Å²) in [6.07, 6.45) is 2.75. The molecule has 0 aliphatic rings. The number of thiophene rings is 1. The van der Waals surface area contributed by atoms with Crippen LogP contribution in [0.3, 0.4) is 0 Å². The van der Waals surface area contributed by atoms with Crippen molar-refractivity contribution >= 4 is 23.2 Å². The van der Waals surface area contributed by atoms with Crippen LogP contribution >= 0.6 is 11.3 Å². The standard InChI is InChI=1S/C14H10F2OS/c1-9-5-6-10(18-9)7-8-13(17)14-11(15)3-2-4-12(14)16/h2-8H,1H3/b8-7+. The van der Waals surface area contributed by atoms with E-state index in [1.807, 2.05) is 19.1 Å². The molecule has 0 fully saturated rings. The summed E-state index contributed by atoms with van der Waals surface area (Å²) < 4.78 is 26.7. The maximum Gasteiger partial charge on any atom is 0.191 e. The Balaban J connectivity index is 2.25. The zero-order valence-electron chi connectivity index (χ0n) is 9.61. The molecule has 2 aromatic rings. The summed E-state index contributed by atoms with van der Waals surface area (Å²) in [6, 6.07) is 7.13. The highest BCUT2D eigenvalue weighted by molar-refractivity contribution is 7.12. The third kappa shape index (κ3) is 2.71. The van der Waals surface area contributed by atoms with E-state index in [0.717, 1.165) is 21.9 Å². The van der Waals surface area contributed by atoms with Crippen molar-refractivity contribution in [3.63, 3.8) is 0 Å². The van der Waals surface area contributed by atoms with Crippen molar-refractivity contribution < 1.29 is 13.6 Å². The molecule has 0 unspecified atom stereocenters. The highest BCUT2D eigenvalue weighted by Gasteiger charge is 2.14. The number of hydrogen-bond donors (Lipinski definition) is 0. The molecule has 2 rings (SSSR count). The van der Waals surface area contributed by atoms with Gasteiger partial charge in [0.15, 0.2) is 5.78 Å². The van der Waals surface area contributed by atoms with Crippen LogP contribution in [0.5, 0.6) is 0 Å². The molecule has 1 aromatic heterocycles. The van der Waals surface area contributed by atoms with Crippen LogP contribution in [0, 0.1) is 18.6 Å². The molecular weight excluding hydrogens is 254 g/mol. The second-order valence-electron chi connectivity index (χ2n) is 3.74. The topological polar surface area (TPSA) is 17.1 Å². The molecule has 92 valence electrons. The van der Waals surface area contributed by atoms with Gasteiger partial charge in [0.05, 0.1) is 5.56 Å². The smallest absolute Gasteiger partial charge is 0.191 e. The molecule has 0 saturated carbocycles. The van der Waals surface area contributed by atoms with Crippen LogP contribution in [0.15, 0.2) is 36.4 Å². The van der Waals surface area contributed by atoms with Gasteiger partial charge in [-0.1, -0.05) is 6.07 Å². The van der Waals surface area contributed by atoms with E-state index in [1.54, 1.807) is 6.08 Å².